The molecule has 0 aliphatic carbocycles. The molecule has 0 fully saturated rings. The topological polar surface area (TPSA) is 59.2 Å². The van der Waals surface area contributed by atoms with Crippen molar-refractivity contribution in [2.75, 3.05) is 6.61 Å². The summed E-state index contributed by atoms with van der Waals surface area (Å²) in [7, 11) is 0. The van der Waals surface area contributed by atoms with Crippen molar-refractivity contribution < 1.29 is 27.1 Å². The van der Waals surface area contributed by atoms with E-state index in [1.54, 1.807) is 0 Å². The van der Waals surface area contributed by atoms with Crippen LogP contribution in [0.25, 0.3) is 10.9 Å². The first kappa shape index (κ1) is 15.0. The number of halogens is 4. The van der Waals surface area contributed by atoms with E-state index >= 15 is 0 Å². The predicted octanol–water partition coefficient (Wildman–Crippen LogP) is 2.86. The molecule has 0 saturated heterocycles. The molecule has 0 amide bonds. The Hall–Kier alpha value is -2.38. The van der Waals surface area contributed by atoms with Crippen LogP contribution >= 0.6 is 0 Å². The summed E-state index contributed by atoms with van der Waals surface area (Å²) in [6.45, 7) is 1.43. The van der Waals surface area contributed by atoms with Crippen molar-refractivity contribution in [2.24, 2.45) is 0 Å². The quantitative estimate of drug-likeness (QED) is 0.685. The zero-order chi connectivity index (χ0) is 15.8. The van der Waals surface area contributed by atoms with Gasteiger partial charge in [0.2, 0.25) is 5.43 Å². The lowest BCUT2D eigenvalue weighted by Gasteiger charge is -2.11. The molecule has 0 aliphatic heterocycles. The number of hydrogen-bond acceptors (Lipinski definition) is 3. The monoisotopic (exact) mass is 303 g/mol. The van der Waals surface area contributed by atoms with E-state index in [-0.39, 0.29) is 6.61 Å². The van der Waals surface area contributed by atoms with Gasteiger partial charge in [-0.25, -0.2) is 9.18 Å². The molecule has 1 aromatic carbocycles. The average Bonchev–Trinajstić information content (AvgIpc) is 2.38. The van der Waals surface area contributed by atoms with E-state index in [2.05, 4.69) is 9.72 Å². The standard InChI is InChI=1S/C13H9F4NO3/c1-2-21-12(20)6-5-18-10-8(14)4-3-7(13(15,16)17)9(10)11(6)19/h3-5H,2H2,1H3,(H,18,19). The zero-order valence-corrected chi connectivity index (χ0v) is 10.7. The number of ether oxygens (including phenoxy) is 1. The van der Waals surface area contributed by atoms with E-state index in [1.807, 2.05) is 0 Å². The highest BCUT2D eigenvalue weighted by atomic mass is 19.4. The molecule has 4 nitrogen and oxygen atoms in total. The molecular weight excluding hydrogens is 294 g/mol. The molecule has 0 saturated carbocycles. The lowest BCUT2D eigenvalue weighted by molar-refractivity contribution is -0.136. The lowest BCUT2D eigenvalue weighted by Crippen LogP contribution is -2.21. The van der Waals surface area contributed by atoms with Crippen LogP contribution in [-0.4, -0.2) is 17.6 Å². The Kier molecular flexibility index (Phi) is 3.71. The highest BCUT2D eigenvalue weighted by Crippen LogP contribution is 2.33. The van der Waals surface area contributed by atoms with Gasteiger partial charge in [-0.2, -0.15) is 13.2 Å². The van der Waals surface area contributed by atoms with Crippen LogP contribution in [0.5, 0.6) is 0 Å². The fraction of sp³-hybridized carbons (Fsp3) is 0.231. The minimum absolute atomic E-state index is 0.0500. The Morgan fingerprint density at radius 2 is 2.00 bits per heavy atom. The Bertz CT molecular complexity index is 764. The van der Waals surface area contributed by atoms with Crippen LogP contribution in [0, 0.1) is 5.82 Å². The summed E-state index contributed by atoms with van der Waals surface area (Å²) in [5.41, 5.74) is -3.76. The number of H-pyrrole nitrogens is 1. The third-order valence-electron chi connectivity index (χ3n) is 2.79. The number of aromatic amines is 1. The van der Waals surface area contributed by atoms with Gasteiger partial charge in [-0.05, 0) is 19.1 Å². The van der Waals surface area contributed by atoms with Crippen molar-refractivity contribution in [3.05, 3.63) is 45.5 Å². The van der Waals surface area contributed by atoms with Crippen LogP contribution in [0.15, 0.2) is 23.1 Å². The normalized spacial score (nSPS) is 11.7. The summed E-state index contributed by atoms with van der Waals surface area (Å²) >= 11 is 0. The average molecular weight is 303 g/mol. The second-order valence-electron chi connectivity index (χ2n) is 4.09. The lowest BCUT2D eigenvalue weighted by atomic mass is 10.0. The van der Waals surface area contributed by atoms with Crippen molar-refractivity contribution in [3.63, 3.8) is 0 Å². The SMILES string of the molecule is CCOC(=O)c1c[nH]c2c(F)ccc(C(F)(F)F)c2c1=O. The van der Waals surface area contributed by atoms with Gasteiger partial charge in [-0.15, -0.1) is 0 Å². The third-order valence-corrected chi connectivity index (χ3v) is 2.79. The summed E-state index contributed by atoms with van der Waals surface area (Å²) in [5, 5.41) is -0.923. The molecule has 0 aliphatic rings. The van der Waals surface area contributed by atoms with Crippen molar-refractivity contribution in [1.29, 1.82) is 0 Å². The second-order valence-corrected chi connectivity index (χ2v) is 4.09. The minimum Gasteiger partial charge on any atom is -0.462 e. The third kappa shape index (κ3) is 2.61. The summed E-state index contributed by atoms with van der Waals surface area (Å²) in [4.78, 5) is 25.8. The Labute approximate surface area is 115 Å². The largest absolute Gasteiger partial charge is 0.462 e. The molecule has 2 aromatic rings. The molecule has 1 aromatic heterocycles. The number of nitrogens with one attached hydrogen (secondary N) is 1. The van der Waals surface area contributed by atoms with Crippen molar-refractivity contribution in [1.82, 2.24) is 4.98 Å². The van der Waals surface area contributed by atoms with Crippen LogP contribution in [0.3, 0.4) is 0 Å². The fourth-order valence-electron chi connectivity index (χ4n) is 1.90. The maximum Gasteiger partial charge on any atom is 0.417 e. The first-order valence-electron chi connectivity index (χ1n) is 5.85. The van der Waals surface area contributed by atoms with Crippen LogP contribution in [0.4, 0.5) is 17.6 Å². The van der Waals surface area contributed by atoms with Gasteiger partial charge in [-0.3, -0.25) is 4.79 Å². The Morgan fingerprint density at radius 3 is 2.57 bits per heavy atom. The summed E-state index contributed by atoms with van der Waals surface area (Å²) in [5.74, 6) is -2.09. The van der Waals surface area contributed by atoms with Crippen molar-refractivity contribution in [3.8, 4) is 0 Å². The summed E-state index contributed by atoms with van der Waals surface area (Å²) < 4.78 is 56.9. The van der Waals surface area contributed by atoms with E-state index in [1.165, 1.54) is 6.92 Å². The summed E-state index contributed by atoms with van der Waals surface area (Å²) in [6.07, 6.45) is -4.02. The number of hydrogen-bond donors (Lipinski definition) is 1. The first-order valence-corrected chi connectivity index (χ1v) is 5.85. The number of rotatable bonds is 2. The fourth-order valence-corrected chi connectivity index (χ4v) is 1.90. The Morgan fingerprint density at radius 1 is 1.33 bits per heavy atom. The van der Waals surface area contributed by atoms with E-state index in [0.29, 0.717) is 12.1 Å². The molecule has 21 heavy (non-hydrogen) atoms. The zero-order valence-electron chi connectivity index (χ0n) is 10.7. The molecule has 1 heterocycles. The number of carbonyl (C=O) groups is 1. The number of pyridine rings is 1. The van der Waals surface area contributed by atoms with Gasteiger partial charge in [0.1, 0.15) is 11.4 Å². The van der Waals surface area contributed by atoms with Crippen molar-refractivity contribution >= 4 is 16.9 Å². The molecule has 2 rings (SSSR count). The van der Waals surface area contributed by atoms with E-state index < -0.39 is 45.4 Å². The Balaban J connectivity index is 2.85. The number of fused-ring (bicyclic) bond motifs is 1. The van der Waals surface area contributed by atoms with Gasteiger partial charge in [0, 0.05) is 6.20 Å². The maximum absolute atomic E-state index is 13.6. The predicted molar refractivity (Wildman–Crippen MR) is 65.5 cm³/mol. The highest BCUT2D eigenvalue weighted by Gasteiger charge is 2.35. The van der Waals surface area contributed by atoms with Gasteiger partial charge in [0.05, 0.1) is 23.1 Å². The van der Waals surface area contributed by atoms with E-state index in [0.717, 1.165) is 6.20 Å². The number of aromatic nitrogens is 1. The van der Waals surface area contributed by atoms with Gasteiger partial charge >= 0.3 is 12.1 Å². The number of alkyl halides is 3. The molecule has 112 valence electrons. The van der Waals surface area contributed by atoms with Crippen LogP contribution in [0.2, 0.25) is 0 Å². The van der Waals surface area contributed by atoms with Crippen LogP contribution in [0.1, 0.15) is 22.8 Å². The molecule has 1 N–H and O–H groups in total. The highest BCUT2D eigenvalue weighted by molar-refractivity contribution is 5.94. The van der Waals surface area contributed by atoms with E-state index in [9.17, 15) is 27.2 Å². The van der Waals surface area contributed by atoms with Crippen LogP contribution in [-0.2, 0) is 10.9 Å². The van der Waals surface area contributed by atoms with Crippen LogP contribution < -0.4 is 5.43 Å². The van der Waals surface area contributed by atoms with Gasteiger partial charge in [-0.1, -0.05) is 0 Å². The number of benzene rings is 1. The number of esters is 1. The van der Waals surface area contributed by atoms with E-state index in [4.69, 9.17) is 0 Å². The smallest absolute Gasteiger partial charge is 0.417 e. The number of carbonyl (C=O) groups excluding carboxylic acids is 1. The van der Waals surface area contributed by atoms with Gasteiger partial charge < -0.3 is 9.72 Å². The molecule has 0 atom stereocenters. The summed E-state index contributed by atoms with van der Waals surface area (Å²) in [6, 6.07) is 1.06. The first-order chi connectivity index (χ1) is 9.77. The minimum atomic E-state index is -4.85. The van der Waals surface area contributed by atoms with Crippen molar-refractivity contribution in [2.45, 2.75) is 13.1 Å². The molecule has 0 radical (unpaired) electrons. The molecular formula is C13H9F4NO3. The second kappa shape index (κ2) is 5.19. The van der Waals surface area contributed by atoms with Gasteiger partial charge in [0.25, 0.3) is 0 Å². The molecule has 0 spiro atoms. The molecule has 0 bridgehead atoms. The van der Waals surface area contributed by atoms with Gasteiger partial charge in [0.15, 0.2) is 0 Å². The molecule has 8 heteroatoms. The molecule has 0 unspecified atom stereocenters. The maximum atomic E-state index is 13.6.